The molecule has 0 spiro atoms. The molecule has 0 aliphatic heterocycles. The van der Waals surface area contributed by atoms with Crippen molar-refractivity contribution >= 4 is 56.2 Å². The van der Waals surface area contributed by atoms with E-state index >= 15 is 0 Å². The molecule has 3 aromatic rings. The lowest BCUT2D eigenvalue weighted by molar-refractivity contribution is 0.327. The number of benzene rings is 3. The van der Waals surface area contributed by atoms with E-state index in [0.29, 0.717) is 27.6 Å². The third kappa shape index (κ3) is 6.36. The molecule has 0 fully saturated rings. The lowest BCUT2D eigenvalue weighted by Gasteiger charge is -2.14. The average molecular weight is 586 g/mol. The van der Waals surface area contributed by atoms with Crippen molar-refractivity contribution in [3.05, 3.63) is 74.8 Å². The maximum absolute atomic E-state index is 12.7. The Morgan fingerprint density at radius 1 is 0.969 bits per heavy atom. The molecule has 0 N–H and O–H groups in total. The fraction of sp³-hybridized carbons (Fsp3) is 0.174. The summed E-state index contributed by atoms with van der Waals surface area (Å²) in [5.41, 5.74) is 1.50. The Kier molecular flexibility index (Phi) is 8.38. The second kappa shape index (κ2) is 11.0. The SMILES string of the molecule is CCOc1ccc(N=Cc2cc(I)c(OS(=O)(=O)c3ccc(Cl)cc3)c(OCC)c2)cc1. The summed E-state index contributed by atoms with van der Waals surface area (Å²) in [6, 6.07) is 16.6. The normalized spacial score (nSPS) is 11.5. The summed E-state index contributed by atoms with van der Waals surface area (Å²) >= 11 is 7.87. The number of aliphatic imine (C=N–C) groups is 1. The van der Waals surface area contributed by atoms with Gasteiger partial charge in [0.25, 0.3) is 0 Å². The molecule has 3 rings (SSSR count). The lowest BCUT2D eigenvalue weighted by Crippen LogP contribution is -2.12. The van der Waals surface area contributed by atoms with Crippen molar-refractivity contribution in [1.29, 1.82) is 0 Å². The van der Waals surface area contributed by atoms with Gasteiger partial charge < -0.3 is 13.7 Å². The first-order valence-corrected chi connectivity index (χ1v) is 12.6. The molecule has 168 valence electrons. The predicted molar refractivity (Wildman–Crippen MR) is 134 cm³/mol. The van der Waals surface area contributed by atoms with Crippen LogP contribution in [0.2, 0.25) is 5.02 Å². The summed E-state index contributed by atoms with van der Waals surface area (Å²) in [7, 11) is -4.06. The second-order valence-electron chi connectivity index (χ2n) is 6.44. The maximum atomic E-state index is 12.7. The van der Waals surface area contributed by atoms with E-state index in [1.54, 1.807) is 18.3 Å². The Hall–Kier alpha value is -2.30. The van der Waals surface area contributed by atoms with Crippen molar-refractivity contribution in [1.82, 2.24) is 0 Å². The molecule has 32 heavy (non-hydrogen) atoms. The van der Waals surface area contributed by atoms with Gasteiger partial charge in [0.15, 0.2) is 11.5 Å². The Balaban J connectivity index is 1.88. The van der Waals surface area contributed by atoms with E-state index in [1.165, 1.54) is 24.3 Å². The van der Waals surface area contributed by atoms with Crippen LogP contribution in [-0.2, 0) is 10.1 Å². The molecule has 0 radical (unpaired) electrons. The summed E-state index contributed by atoms with van der Waals surface area (Å²) in [5, 5.41) is 0.435. The summed E-state index contributed by atoms with van der Waals surface area (Å²) in [6.07, 6.45) is 1.68. The van der Waals surface area contributed by atoms with Gasteiger partial charge in [-0.25, -0.2) is 0 Å². The molecule has 0 aliphatic rings. The minimum Gasteiger partial charge on any atom is -0.494 e. The van der Waals surface area contributed by atoms with Gasteiger partial charge in [-0.15, -0.1) is 0 Å². The van der Waals surface area contributed by atoms with Crippen molar-refractivity contribution in [3.63, 3.8) is 0 Å². The van der Waals surface area contributed by atoms with Crippen LogP contribution >= 0.6 is 34.2 Å². The number of ether oxygens (including phenoxy) is 2. The molecule has 0 heterocycles. The topological polar surface area (TPSA) is 74.2 Å². The molecule has 0 bridgehead atoms. The van der Waals surface area contributed by atoms with Gasteiger partial charge in [-0.05, 0) is 103 Å². The van der Waals surface area contributed by atoms with Gasteiger partial charge in [-0.2, -0.15) is 8.42 Å². The Labute approximate surface area is 206 Å². The fourth-order valence-corrected chi connectivity index (χ4v) is 4.68. The van der Waals surface area contributed by atoms with Crippen LogP contribution in [0.5, 0.6) is 17.2 Å². The zero-order valence-electron chi connectivity index (χ0n) is 17.4. The van der Waals surface area contributed by atoms with Crippen LogP contribution in [-0.4, -0.2) is 27.8 Å². The molecule has 0 saturated heterocycles. The van der Waals surface area contributed by atoms with Gasteiger partial charge in [0.05, 0.1) is 22.5 Å². The first kappa shape index (κ1) is 24.3. The molecular weight excluding hydrogens is 565 g/mol. The van der Waals surface area contributed by atoms with Crippen molar-refractivity contribution in [3.8, 4) is 17.2 Å². The highest BCUT2D eigenvalue weighted by atomic mass is 127. The van der Waals surface area contributed by atoms with Gasteiger partial charge in [0, 0.05) is 11.2 Å². The van der Waals surface area contributed by atoms with Crippen LogP contribution in [0.4, 0.5) is 5.69 Å². The van der Waals surface area contributed by atoms with Gasteiger partial charge in [0.2, 0.25) is 0 Å². The minimum atomic E-state index is -4.06. The highest BCUT2D eigenvalue weighted by molar-refractivity contribution is 14.1. The Morgan fingerprint density at radius 3 is 2.25 bits per heavy atom. The van der Waals surface area contributed by atoms with Crippen LogP contribution in [0.15, 0.2) is 70.6 Å². The number of hydrogen-bond donors (Lipinski definition) is 0. The molecular formula is C23H21ClINO5S. The zero-order chi connectivity index (χ0) is 23.1. The third-order valence-electron chi connectivity index (χ3n) is 4.14. The van der Waals surface area contributed by atoms with E-state index in [0.717, 1.165) is 17.0 Å². The quantitative estimate of drug-likeness (QED) is 0.168. The number of nitrogens with zero attached hydrogens (tertiary/aromatic N) is 1. The van der Waals surface area contributed by atoms with Gasteiger partial charge in [-0.3, -0.25) is 4.99 Å². The summed E-state index contributed by atoms with van der Waals surface area (Å²) < 4.78 is 42.6. The number of halogens is 2. The van der Waals surface area contributed by atoms with Crippen molar-refractivity contribution in [2.45, 2.75) is 18.7 Å². The predicted octanol–water partition coefficient (Wildman–Crippen LogP) is 6.26. The first-order chi connectivity index (χ1) is 15.3. The molecule has 0 amide bonds. The first-order valence-electron chi connectivity index (χ1n) is 9.75. The minimum absolute atomic E-state index is 0.00119. The molecule has 0 aliphatic carbocycles. The Morgan fingerprint density at radius 2 is 1.62 bits per heavy atom. The molecule has 9 heteroatoms. The van der Waals surface area contributed by atoms with Gasteiger partial charge in [0.1, 0.15) is 10.6 Å². The van der Waals surface area contributed by atoms with Crippen molar-refractivity contribution in [2.75, 3.05) is 13.2 Å². The third-order valence-corrected chi connectivity index (χ3v) is 6.43. The van der Waals surface area contributed by atoms with Gasteiger partial charge in [-0.1, -0.05) is 11.6 Å². The van der Waals surface area contributed by atoms with E-state index in [1.807, 2.05) is 60.7 Å². The van der Waals surface area contributed by atoms with Crippen LogP contribution in [0.25, 0.3) is 0 Å². The van der Waals surface area contributed by atoms with E-state index in [4.69, 9.17) is 25.3 Å². The van der Waals surface area contributed by atoms with E-state index in [9.17, 15) is 8.42 Å². The van der Waals surface area contributed by atoms with Crippen molar-refractivity contribution < 1.29 is 22.1 Å². The number of hydrogen-bond acceptors (Lipinski definition) is 6. The Bertz CT molecular complexity index is 1200. The molecule has 0 unspecified atom stereocenters. The van der Waals surface area contributed by atoms with Crippen LogP contribution in [0.1, 0.15) is 19.4 Å². The van der Waals surface area contributed by atoms with Crippen molar-refractivity contribution in [2.24, 2.45) is 4.99 Å². The molecule has 0 saturated carbocycles. The molecule has 0 atom stereocenters. The smallest absolute Gasteiger partial charge is 0.339 e. The van der Waals surface area contributed by atoms with E-state index in [-0.39, 0.29) is 10.6 Å². The van der Waals surface area contributed by atoms with Crippen LogP contribution in [0.3, 0.4) is 0 Å². The molecule has 0 aromatic heterocycles. The largest absolute Gasteiger partial charge is 0.494 e. The van der Waals surface area contributed by atoms with Crippen LogP contribution < -0.4 is 13.7 Å². The average Bonchev–Trinajstić information content (AvgIpc) is 2.76. The zero-order valence-corrected chi connectivity index (χ0v) is 21.1. The molecule has 6 nitrogen and oxygen atoms in total. The molecule has 3 aromatic carbocycles. The fourth-order valence-electron chi connectivity index (χ4n) is 2.71. The van der Waals surface area contributed by atoms with Gasteiger partial charge >= 0.3 is 10.1 Å². The lowest BCUT2D eigenvalue weighted by atomic mass is 10.2. The maximum Gasteiger partial charge on any atom is 0.339 e. The monoisotopic (exact) mass is 585 g/mol. The highest BCUT2D eigenvalue weighted by Crippen LogP contribution is 2.36. The standard InChI is InChI=1S/C23H21ClINO5S/c1-3-29-19-9-7-18(8-10-19)26-15-16-13-21(25)23(22(14-16)30-4-2)31-32(27,28)20-11-5-17(24)6-12-20/h5-15H,3-4H2,1-2H3. The highest BCUT2D eigenvalue weighted by Gasteiger charge is 2.22. The number of rotatable bonds is 9. The van der Waals surface area contributed by atoms with E-state index < -0.39 is 10.1 Å². The second-order valence-corrected chi connectivity index (χ2v) is 9.58. The summed E-state index contributed by atoms with van der Waals surface area (Å²) in [4.78, 5) is 4.47. The van der Waals surface area contributed by atoms with E-state index in [2.05, 4.69) is 4.99 Å². The van der Waals surface area contributed by atoms with Crippen LogP contribution in [0, 0.1) is 3.57 Å². The summed E-state index contributed by atoms with van der Waals surface area (Å²) in [6.45, 7) is 4.68. The summed E-state index contributed by atoms with van der Waals surface area (Å²) in [5.74, 6) is 1.22.